The number of halogens is 3. The van der Waals surface area contributed by atoms with E-state index >= 15 is 0 Å². The Morgan fingerprint density at radius 1 is 1.03 bits per heavy atom. The average Bonchev–Trinajstić information content (AvgIpc) is 4.10. The maximum absolute atomic E-state index is 14.8. The largest absolute Gasteiger partial charge is 0.464 e. The van der Waals surface area contributed by atoms with E-state index in [9.17, 15) is 37.1 Å². The van der Waals surface area contributed by atoms with Gasteiger partial charge in [-0.05, 0) is 97.0 Å². The predicted molar refractivity (Wildman–Crippen MR) is 253 cm³/mol. The molecule has 2 N–H and O–H groups in total. The number of amides is 4. The molecule has 8 rings (SSSR count). The molecule has 4 aromatic rings. The van der Waals surface area contributed by atoms with Gasteiger partial charge in [0.05, 0.1) is 23.9 Å². The highest BCUT2D eigenvalue weighted by atomic mass is 19.4. The number of carbonyl (C=O) groups is 5. The molecule has 0 saturated carbocycles. The molecule has 3 fully saturated rings. The van der Waals surface area contributed by atoms with Crippen molar-refractivity contribution in [3.8, 4) is 22.4 Å². The number of pyridine rings is 1. The Bertz CT molecular complexity index is 2620. The number of hydrogen-bond acceptors (Lipinski definition) is 9. The number of alkyl halides is 3. The average molecular weight is 954 g/mol. The van der Waals surface area contributed by atoms with Gasteiger partial charge in [0.1, 0.15) is 30.8 Å². The normalized spacial score (nSPS) is 22.6. The first kappa shape index (κ1) is 49.4. The maximum Gasteiger partial charge on any atom is 0.406 e. The Kier molecular flexibility index (Phi) is 14.4. The lowest BCUT2D eigenvalue weighted by atomic mass is 9.84. The fourth-order valence-corrected chi connectivity index (χ4v) is 10.5. The van der Waals surface area contributed by atoms with E-state index in [2.05, 4.69) is 17.3 Å². The number of esters is 1. The number of likely N-dealkylation sites (N-methyl/N-ethyl adjacent to an activating group) is 1. The molecule has 368 valence electrons. The minimum Gasteiger partial charge on any atom is -0.464 e. The van der Waals surface area contributed by atoms with Crippen molar-refractivity contribution in [1.29, 1.82) is 0 Å². The van der Waals surface area contributed by atoms with Gasteiger partial charge < -0.3 is 29.2 Å². The van der Waals surface area contributed by atoms with Gasteiger partial charge in [-0.2, -0.15) is 13.2 Å². The molecule has 3 saturated heterocycles. The van der Waals surface area contributed by atoms with Crippen LogP contribution >= 0.6 is 0 Å². The molecule has 69 heavy (non-hydrogen) atoms. The smallest absolute Gasteiger partial charge is 0.406 e. The Morgan fingerprint density at radius 2 is 1.81 bits per heavy atom. The van der Waals surface area contributed by atoms with Crippen molar-refractivity contribution in [3.05, 3.63) is 90.3 Å². The van der Waals surface area contributed by atoms with Crippen LogP contribution in [0.15, 0.2) is 73.4 Å². The van der Waals surface area contributed by atoms with E-state index < -0.39 is 60.0 Å². The summed E-state index contributed by atoms with van der Waals surface area (Å²) >= 11 is 0. The lowest BCUT2D eigenvalue weighted by Crippen LogP contribution is -2.62. The molecule has 6 heterocycles. The van der Waals surface area contributed by atoms with E-state index in [0.717, 1.165) is 12.0 Å². The monoisotopic (exact) mass is 953 g/mol. The molecule has 4 amide bonds. The highest BCUT2D eigenvalue weighted by Crippen LogP contribution is 2.44. The number of hydrogen-bond donors (Lipinski definition) is 2. The number of benzene rings is 2. The molecule has 4 aliphatic heterocycles. The molecule has 0 aliphatic carbocycles. The van der Waals surface area contributed by atoms with E-state index in [-0.39, 0.29) is 56.4 Å². The number of hydrazine groups is 1. The second kappa shape index (κ2) is 20.1. The van der Waals surface area contributed by atoms with Crippen molar-refractivity contribution in [2.75, 3.05) is 39.9 Å². The molecule has 14 nitrogen and oxygen atoms in total. The molecule has 0 radical (unpaired) electrons. The Balaban J connectivity index is 1.21. The number of carbonyl (C=O) groups excluding carboxylic acids is 5. The second-order valence-electron chi connectivity index (χ2n) is 20.0. The summed E-state index contributed by atoms with van der Waals surface area (Å²) in [4.78, 5) is 77.0. The fraction of sp³-hybridized carbons (Fsp3) is 0.500. The summed E-state index contributed by atoms with van der Waals surface area (Å²) in [6.07, 6.45) is 0.867. The molecule has 1 unspecified atom stereocenters. The molecule has 17 heteroatoms. The zero-order chi connectivity index (χ0) is 49.4. The summed E-state index contributed by atoms with van der Waals surface area (Å²) in [6, 6.07) is 13.4. The van der Waals surface area contributed by atoms with Gasteiger partial charge in [0, 0.05) is 67.8 Å². The third-order valence-corrected chi connectivity index (χ3v) is 13.8. The van der Waals surface area contributed by atoms with Crippen molar-refractivity contribution < 1.29 is 46.6 Å². The number of nitrogens with one attached hydrogen (secondary N) is 2. The molecular formula is C52H62F3N7O7. The minimum atomic E-state index is -4.58. The van der Waals surface area contributed by atoms with Gasteiger partial charge in [-0.1, -0.05) is 64.6 Å². The Hall–Kier alpha value is -6.07. The number of fused-ring (bicyclic) bond motifs is 6. The molecule has 0 spiro atoms. The number of aromatic nitrogens is 2. The summed E-state index contributed by atoms with van der Waals surface area (Å²) in [5, 5.41) is 4.94. The number of cyclic esters (lactones) is 1. The third kappa shape index (κ3) is 10.7. The highest BCUT2D eigenvalue weighted by molar-refractivity contribution is 5.96. The molecule has 4 aliphatic rings. The lowest BCUT2D eigenvalue weighted by Gasteiger charge is -2.37. The van der Waals surface area contributed by atoms with E-state index in [1.54, 1.807) is 42.4 Å². The van der Waals surface area contributed by atoms with Gasteiger partial charge in [-0.25, -0.2) is 5.43 Å². The number of likely N-dealkylation sites (tertiary alicyclic amines) is 1. The van der Waals surface area contributed by atoms with Gasteiger partial charge >= 0.3 is 12.1 Å². The van der Waals surface area contributed by atoms with Crippen LogP contribution in [0.25, 0.3) is 33.3 Å². The molecule has 6 bridgehead atoms. The second-order valence-corrected chi connectivity index (χ2v) is 20.0. The summed E-state index contributed by atoms with van der Waals surface area (Å²) in [7, 11) is 1.56. The predicted octanol–water partition coefficient (Wildman–Crippen LogP) is 6.95. The zero-order valence-corrected chi connectivity index (χ0v) is 39.9. The summed E-state index contributed by atoms with van der Waals surface area (Å²) in [6.45, 7) is 11.0. The first-order valence-corrected chi connectivity index (χ1v) is 23.9. The van der Waals surface area contributed by atoms with Gasteiger partial charge in [0.2, 0.25) is 17.7 Å². The zero-order valence-electron chi connectivity index (χ0n) is 39.9. The van der Waals surface area contributed by atoms with Crippen molar-refractivity contribution in [3.63, 3.8) is 0 Å². The molecule has 5 atom stereocenters. The third-order valence-electron chi connectivity index (χ3n) is 13.8. The van der Waals surface area contributed by atoms with Crippen LogP contribution in [-0.2, 0) is 52.8 Å². The Morgan fingerprint density at radius 3 is 2.54 bits per heavy atom. The van der Waals surface area contributed by atoms with E-state index in [0.29, 0.717) is 83.4 Å². The quantitative estimate of drug-likeness (QED) is 0.134. The van der Waals surface area contributed by atoms with Crippen molar-refractivity contribution in [2.45, 2.75) is 110 Å². The number of nitrogens with zero attached hydrogens (tertiary/aromatic N) is 5. The fourth-order valence-electron chi connectivity index (χ4n) is 10.5. The molecule has 2 aromatic carbocycles. The van der Waals surface area contributed by atoms with Crippen LogP contribution in [0.5, 0.6) is 0 Å². The van der Waals surface area contributed by atoms with Crippen LogP contribution in [0.3, 0.4) is 0 Å². The number of ether oxygens (including phenoxy) is 2. The maximum atomic E-state index is 14.8. The lowest BCUT2D eigenvalue weighted by molar-refractivity contribution is -0.155. The van der Waals surface area contributed by atoms with Crippen LogP contribution in [0.1, 0.15) is 82.7 Å². The van der Waals surface area contributed by atoms with Crippen molar-refractivity contribution in [2.24, 2.45) is 17.3 Å². The standard InChI is InChI=1S/C52H62F3N7O7/c1-7-43(63)60-22-19-35(28-60)48(65)59(6)45(31(2)3)47(64)57-40-25-32-12-8-13-33(24-32)34-17-18-41-37(26-34)38(27-51(4,5)30-69-50(67)39-15-10-21-62(58-39)49(40)66)46(61(41)29-52(53,54)55)36-14-9-20-56-44(36)42-16-11-23-68-42/h7-9,12-14,17-18,20,24,26,31,35,39-40,42,45,58H,1,10-11,15-16,19,21-23,25,27-30H2,2-6H3,(H,57,64)/t35-,39-,40-,42-,45?/m0/s1. The molecule has 2 aromatic heterocycles. The van der Waals surface area contributed by atoms with Crippen molar-refractivity contribution >= 4 is 40.5 Å². The first-order valence-electron chi connectivity index (χ1n) is 23.9. The summed E-state index contributed by atoms with van der Waals surface area (Å²) in [5.41, 5.74) is 6.92. The van der Waals surface area contributed by atoms with Crippen LogP contribution in [0.2, 0.25) is 0 Å². The Labute approximate surface area is 400 Å². The van der Waals surface area contributed by atoms with Gasteiger partial charge in [-0.15, -0.1) is 0 Å². The van der Waals surface area contributed by atoms with Gasteiger partial charge in [0.25, 0.3) is 5.91 Å². The van der Waals surface area contributed by atoms with Crippen LogP contribution < -0.4 is 10.7 Å². The van der Waals surface area contributed by atoms with E-state index in [1.807, 2.05) is 58.0 Å². The minimum absolute atomic E-state index is 0.0241. The highest BCUT2D eigenvalue weighted by Gasteiger charge is 2.41. The van der Waals surface area contributed by atoms with Crippen molar-refractivity contribution in [1.82, 2.24) is 35.1 Å². The van der Waals surface area contributed by atoms with Crippen LogP contribution in [-0.4, -0.2) is 118 Å². The number of rotatable bonds is 9. The summed E-state index contributed by atoms with van der Waals surface area (Å²) in [5.74, 6) is -3.07. The SMILES string of the molecule is C=CC(=O)N1CC[C@H](C(=O)N(C)C(C(=O)N[C@H]2Cc3cccc(c3)-c3ccc4c(c3)c(c(-c3cccnc3[C@@H]3CCCO3)n4CC(F)(F)F)CC(C)(C)COC(=O)[C@@H]3CCCN(N3)C2=O)C(C)C)C1. The van der Waals surface area contributed by atoms with Gasteiger partial charge in [-0.3, -0.25) is 34.0 Å². The van der Waals surface area contributed by atoms with E-state index in [4.69, 9.17) is 14.5 Å². The summed E-state index contributed by atoms with van der Waals surface area (Å²) < 4.78 is 57.7. The first-order chi connectivity index (χ1) is 32.8. The van der Waals surface area contributed by atoms with Crippen LogP contribution in [0.4, 0.5) is 13.2 Å². The van der Waals surface area contributed by atoms with Gasteiger partial charge in [0.15, 0.2) is 0 Å². The van der Waals surface area contributed by atoms with Crippen LogP contribution in [0, 0.1) is 17.3 Å². The topological polar surface area (TPSA) is 155 Å². The molecular weight excluding hydrogens is 892 g/mol. The van der Waals surface area contributed by atoms with E-state index in [1.165, 1.54) is 20.6 Å².